The van der Waals surface area contributed by atoms with Gasteiger partial charge in [0.25, 0.3) is 0 Å². The highest BCUT2D eigenvalue weighted by Crippen LogP contribution is 2.43. The number of hydrogen-bond donors (Lipinski definition) is 1. The highest BCUT2D eigenvalue weighted by molar-refractivity contribution is 5.95. The molecule has 140 valence electrons. The lowest BCUT2D eigenvalue weighted by Crippen LogP contribution is -2.37. The lowest BCUT2D eigenvalue weighted by Gasteiger charge is -2.30. The van der Waals surface area contributed by atoms with Gasteiger partial charge in [0.1, 0.15) is 0 Å². The number of carbonyl (C=O) groups is 1. The van der Waals surface area contributed by atoms with E-state index < -0.39 is 0 Å². The van der Waals surface area contributed by atoms with Gasteiger partial charge in [0.2, 0.25) is 5.91 Å². The zero-order valence-electron chi connectivity index (χ0n) is 16.3. The van der Waals surface area contributed by atoms with E-state index >= 15 is 0 Å². The molecule has 2 aliphatic carbocycles. The van der Waals surface area contributed by atoms with E-state index in [1.54, 1.807) is 0 Å². The predicted octanol–water partition coefficient (Wildman–Crippen LogP) is 4.87. The third-order valence-electron chi connectivity index (χ3n) is 6.56. The van der Waals surface area contributed by atoms with Gasteiger partial charge in [0.15, 0.2) is 0 Å². The molecule has 0 spiro atoms. The molecule has 4 rings (SSSR count). The molecule has 1 amide bonds. The van der Waals surface area contributed by atoms with Gasteiger partial charge in [0.05, 0.1) is 6.04 Å². The Morgan fingerprint density at radius 2 is 1.81 bits per heavy atom. The predicted molar refractivity (Wildman–Crippen MR) is 106 cm³/mol. The molecule has 0 saturated heterocycles. The van der Waals surface area contributed by atoms with E-state index in [9.17, 15) is 4.79 Å². The third kappa shape index (κ3) is 3.67. The Labute approximate surface area is 157 Å². The quantitative estimate of drug-likeness (QED) is 0.819. The van der Waals surface area contributed by atoms with Crippen LogP contribution in [0, 0.1) is 12.8 Å². The van der Waals surface area contributed by atoms with Crippen LogP contribution < -0.4 is 5.32 Å². The summed E-state index contributed by atoms with van der Waals surface area (Å²) in [5, 5.41) is 3.34. The van der Waals surface area contributed by atoms with Crippen LogP contribution in [0.4, 0.5) is 0 Å². The lowest BCUT2D eigenvalue weighted by molar-refractivity contribution is -0.118. The summed E-state index contributed by atoms with van der Waals surface area (Å²) in [6.45, 7) is 5.46. The number of amides is 1. The van der Waals surface area contributed by atoms with Crippen molar-refractivity contribution in [2.45, 2.75) is 77.3 Å². The van der Waals surface area contributed by atoms with Crippen LogP contribution in [0.2, 0.25) is 0 Å². The molecule has 1 aromatic carbocycles. The number of nitrogens with one attached hydrogen (secondary N) is 1. The minimum Gasteiger partial charge on any atom is -0.367 e. The fourth-order valence-corrected chi connectivity index (χ4v) is 4.72. The first kappa shape index (κ1) is 17.6. The molecule has 3 aliphatic rings. The summed E-state index contributed by atoms with van der Waals surface area (Å²) in [6, 6.07) is 9.38. The Kier molecular flexibility index (Phi) is 5.06. The molecular weight excluding hydrogens is 320 g/mol. The van der Waals surface area contributed by atoms with E-state index in [0.29, 0.717) is 12.1 Å². The van der Waals surface area contributed by atoms with Crippen LogP contribution in [-0.4, -0.2) is 23.4 Å². The molecule has 26 heavy (non-hydrogen) atoms. The first-order chi connectivity index (χ1) is 12.6. The largest absolute Gasteiger partial charge is 0.367 e. The third-order valence-corrected chi connectivity index (χ3v) is 6.56. The van der Waals surface area contributed by atoms with Crippen molar-refractivity contribution in [3.05, 3.63) is 46.7 Å². The van der Waals surface area contributed by atoms with Crippen molar-refractivity contribution in [2.75, 3.05) is 6.54 Å². The minimum absolute atomic E-state index is 0.186. The zero-order chi connectivity index (χ0) is 18.1. The average molecular weight is 353 g/mol. The lowest BCUT2D eigenvalue weighted by atomic mass is 9.94. The maximum absolute atomic E-state index is 13.0. The number of carbonyl (C=O) groups excluding carboxylic acids is 1. The molecule has 0 aromatic heterocycles. The molecule has 2 fully saturated rings. The fourth-order valence-electron chi connectivity index (χ4n) is 4.72. The van der Waals surface area contributed by atoms with Crippen molar-refractivity contribution >= 4 is 5.91 Å². The number of benzene rings is 1. The number of nitrogens with zero attached hydrogens (tertiary/aromatic N) is 1. The van der Waals surface area contributed by atoms with E-state index in [1.165, 1.54) is 48.9 Å². The standard InChI is InChI=1S/C23H32N2O/c1-16-8-6-7-11-20(16)22-14-21(17(2)25(22)15-18-12-13-18)23(26)24-19-9-4-3-5-10-19/h6-8,11,18-19,22H,3-5,9-10,12-15H2,1-2H3,(H,24,26). The maximum Gasteiger partial charge on any atom is 0.249 e. The van der Waals surface area contributed by atoms with Crippen molar-refractivity contribution < 1.29 is 4.79 Å². The molecule has 1 unspecified atom stereocenters. The summed E-state index contributed by atoms with van der Waals surface area (Å²) >= 11 is 0. The maximum atomic E-state index is 13.0. The molecule has 1 aromatic rings. The molecule has 1 N–H and O–H groups in total. The zero-order valence-corrected chi connectivity index (χ0v) is 16.3. The Morgan fingerprint density at radius 3 is 2.50 bits per heavy atom. The van der Waals surface area contributed by atoms with E-state index in [2.05, 4.69) is 48.3 Å². The van der Waals surface area contributed by atoms with Crippen molar-refractivity contribution in [3.8, 4) is 0 Å². The molecule has 1 atom stereocenters. The summed E-state index contributed by atoms with van der Waals surface area (Å²) < 4.78 is 0. The molecule has 1 heterocycles. The van der Waals surface area contributed by atoms with Crippen LogP contribution in [0.5, 0.6) is 0 Å². The van der Waals surface area contributed by atoms with Crippen molar-refractivity contribution in [2.24, 2.45) is 5.92 Å². The van der Waals surface area contributed by atoms with Gasteiger partial charge < -0.3 is 10.2 Å². The van der Waals surface area contributed by atoms with Crippen LogP contribution in [0.25, 0.3) is 0 Å². The second kappa shape index (κ2) is 7.46. The van der Waals surface area contributed by atoms with E-state index in [1.807, 2.05) is 0 Å². The highest BCUT2D eigenvalue weighted by atomic mass is 16.1. The van der Waals surface area contributed by atoms with Crippen molar-refractivity contribution in [1.82, 2.24) is 10.2 Å². The smallest absolute Gasteiger partial charge is 0.249 e. The van der Waals surface area contributed by atoms with E-state index in [0.717, 1.165) is 37.3 Å². The molecule has 3 heteroatoms. The topological polar surface area (TPSA) is 32.3 Å². The van der Waals surface area contributed by atoms with Gasteiger partial charge in [-0.1, -0.05) is 43.5 Å². The van der Waals surface area contributed by atoms with Gasteiger partial charge in [-0.15, -0.1) is 0 Å². The Morgan fingerprint density at radius 1 is 1.08 bits per heavy atom. The number of rotatable bonds is 5. The van der Waals surface area contributed by atoms with Crippen LogP contribution in [0.15, 0.2) is 35.5 Å². The first-order valence-electron chi connectivity index (χ1n) is 10.5. The fraction of sp³-hybridized carbons (Fsp3) is 0.609. The normalized spacial score (nSPS) is 24.2. The van der Waals surface area contributed by atoms with Gasteiger partial charge >= 0.3 is 0 Å². The summed E-state index contributed by atoms with van der Waals surface area (Å²) in [5.74, 6) is 1.00. The van der Waals surface area contributed by atoms with E-state index in [-0.39, 0.29) is 5.91 Å². The Hall–Kier alpha value is -1.77. The number of hydrogen-bond acceptors (Lipinski definition) is 2. The summed E-state index contributed by atoms with van der Waals surface area (Å²) in [5.41, 5.74) is 4.94. The van der Waals surface area contributed by atoms with Crippen molar-refractivity contribution in [3.63, 3.8) is 0 Å². The highest BCUT2D eigenvalue weighted by Gasteiger charge is 2.37. The summed E-state index contributed by atoms with van der Waals surface area (Å²) in [6.07, 6.45) is 9.64. The van der Waals surface area contributed by atoms with Crippen LogP contribution in [0.3, 0.4) is 0 Å². The molecule has 0 radical (unpaired) electrons. The van der Waals surface area contributed by atoms with Crippen LogP contribution in [0.1, 0.15) is 75.5 Å². The van der Waals surface area contributed by atoms with Gasteiger partial charge in [-0.25, -0.2) is 0 Å². The average Bonchev–Trinajstić information content (AvgIpc) is 3.41. The van der Waals surface area contributed by atoms with Gasteiger partial charge in [-0.2, -0.15) is 0 Å². The summed E-state index contributed by atoms with van der Waals surface area (Å²) in [7, 11) is 0. The second-order valence-electron chi connectivity index (χ2n) is 8.54. The first-order valence-corrected chi connectivity index (χ1v) is 10.5. The monoisotopic (exact) mass is 352 g/mol. The number of allylic oxidation sites excluding steroid dienone is 1. The summed E-state index contributed by atoms with van der Waals surface area (Å²) in [4.78, 5) is 15.6. The van der Waals surface area contributed by atoms with Gasteiger partial charge in [-0.3, -0.25) is 4.79 Å². The van der Waals surface area contributed by atoms with Crippen LogP contribution >= 0.6 is 0 Å². The molecule has 3 nitrogen and oxygen atoms in total. The Balaban J connectivity index is 1.54. The van der Waals surface area contributed by atoms with Gasteiger partial charge in [0, 0.05) is 30.3 Å². The Bertz CT molecular complexity index is 698. The molecule has 1 aliphatic heterocycles. The number of aryl methyl sites for hydroxylation is 1. The van der Waals surface area contributed by atoms with E-state index in [4.69, 9.17) is 0 Å². The minimum atomic E-state index is 0.186. The SMILES string of the molecule is CC1=C(C(=O)NC2CCCCC2)CC(c2ccccc2C)N1CC1CC1. The van der Waals surface area contributed by atoms with Crippen molar-refractivity contribution in [1.29, 1.82) is 0 Å². The van der Waals surface area contributed by atoms with Gasteiger partial charge in [-0.05, 0) is 56.6 Å². The molecular formula is C23H32N2O. The van der Waals surface area contributed by atoms with Crippen LogP contribution in [-0.2, 0) is 4.79 Å². The molecule has 0 bridgehead atoms. The second-order valence-corrected chi connectivity index (χ2v) is 8.54. The molecule has 2 saturated carbocycles.